The van der Waals surface area contributed by atoms with Crippen LogP contribution in [-0.4, -0.2) is 16.1 Å². The summed E-state index contributed by atoms with van der Waals surface area (Å²) in [5, 5.41) is 9.01. The van der Waals surface area contributed by atoms with Gasteiger partial charge in [0.1, 0.15) is 11.6 Å². The molecule has 0 amide bonds. The summed E-state index contributed by atoms with van der Waals surface area (Å²) < 4.78 is 37.3. The molecule has 0 bridgehead atoms. The Balaban J connectivity index is 2.34. The van der Waals surface area contributed by atoms with E-state index in [-0.39, 0.29) is 11.6 Å². The Bertz CT molecular complexity index is 441. The second kappa shape index (κ2) is 4.01. The first kappa shape index (κ1) is 11.9. The fourth-order valence-electron chi connectivity index (χ4n) is 1.78. The molecule has 17 heavy (non-hydrogen) atoms. The van der Waals surface area contributed by atoms with Crippen LogP contribution in [0, 0.1) is 5.92 Å². The van der Waals surface area contributed by atoms with Gasteiger partial charge in [0.05, 0.1) is 5.69 Å². The van der Waals surface area contributed by atoms with Crippen molar-refractivity contribution in [1.82, 2.24) is 4.98 Å². The molecule has 1 N–H and O–H groups in total. The molecule has 1 heterocycles. The number of hydrogen-bond acceptors (Lipinski definition) is 2. The Labute approximate surface area is 95.3 Å². The van der Waals surface area contributed by atoms with Crippen molar-refractivity contribution in [2.24, 2.45) is 5.92 Å². The zero-order valence-electron chi connectivity index (χ0n) is 8.74. The summed E-state index contributed by atoms with van der Waals surface area (Å²) in [5.74, 6) is -2.11. The lowest BCUT2D eigenvalue weighted by molar-refractivity contribution is -0.143. The second-order valence-corrected chi connectivity index (χ2v) is 4.10. The van der Waals surface area contributed by atoms with Gasteiger partial charge in [0.2, 0.25) is 0 Å². The molecular weight excluding hydrogens is 235 g/mol. The number of aliphatic carboxylic acids is 1. The number of nitrogens with zero attached hydrogens (tertiary/aromatic N) is 1. The summed E-state index contributed by atoms with van der Waals surface area (Å²) in [6.07, 6.45) is -3.08. The lowest BCUT2D eigenvalue weighted by Gasteiger charge is -2.12. The predicted octanol–water partition coefficient (Wildman–Crippen LogP) is 2.68. The van der Waals surface area contributed by atoms with E-state index in [2.05, 4.69) is 4.98 Å². The van der Waals surface area contributed by atoms with Crippen LogP contribution in [0.1, 0.15) is 30.1 Å². The number of halogens is 3. The minimum Gasteiger partial charge on any atom is -0.481 e. The van der Waals surface area contributed by atoms with E-state index in [1.165, 1.54) is 12.1 Å². The summed E-state index contributed by atoms with van der Waals surface area (Å²) in [6, 6.07) is 3.38. The van der Waals surface area contributed by atoms with Crippen LogP contribution < -0.4 is 0 Å². The van der Waals surface area contributed by atoms with Crippen molar-refractivity contribution < 1.29 is 23.1 Å². The molecule has 0 spiro atoms. The number of aromatic nitrogens is 1. The highest BCUT2D eigenvalue weighted by molar-refractivity contribution is 5.76. The average Bonchev–Trinajstić information content (AvgIpc) is 3.01. The number of rotatable bonds is 3. The first-order valence-electron chi connectivity index (χ1n) is 5.16. The van der Waals surface area contributed by atoms with E-state index in [0.29, 0.717) is 0 Å². The lowest BCUT2D eigenvalue weighted by atomic mass is 9.99. The van der Waals surface area contributed by atoms with E-state index >= 15 is 0 Å². The number of pyridine rings is 1. The van der Waals surface area contributed by atoms with E-state index in [0.717, 1.165) is 18.9 Å². The molecule has 1 aromatic heterocycles. The highest BCUT2D eigenvalue weighted by Crippen LogP contribution is 2.42. The number of hydrogen-bond donors (Lipinski definition) is 1. The Morgan fingerprint density at radius 1 is 1.41 bits per heavy atom. The van der Waals surface area contributed by atoms with E-state index in [1.54, 1.807) is 0 Å². The van der Waals surface area contributed by atoms with Gasteiger partial charge >= 0.3 is 12.1 Å². The van der Waals surface area contributed by atoms with Crippen LogP contribution in [0.5, 0.6) is 0 Å². The SMILES string of the molecule is O=C(O)C(c1cccc(C(F)(F)F)n1)C1CC1. The van der Waals surface area contributed by atoms with Crippen molar-refractivity contribution in [2.75, 3.05) is 0 Å². The molecule has 3 nitrogen and oxygen atoms in total. The van der Waals surface area contributed by atoms with Gasteiger partial charge in [0, 0.05) is 0 Å². The van der Waals surface area contributed by atoms with E-state index in [4.69, 9.17) is 5.11 Å². The maximum Gasteiger partial charge on any atom is 0.433 e. The van der Waals surface area contributed by atoms with Gasteiger partial charge in [-0.05, 0) is 30.9 Å². The van der Waals surface area contributed by atoms with Crippen molar-refractivity contribution >= 4 is 5.97 Å². The number of carboxylic acids is 1. The third kappa shape index (κ3) is 2.57. The Morgan fingerprint density at radius 3 is 2.53 bits per heavy atom. The van der Waals surface area contributed by atoms with Crippen LogP contribution in [-0.2, 0) is 11.0 Å². The standard InChI is InChI=1S/C11H10F3NO2/c12-11(13,14)8-3-1-2-7(15-8)9(10(16)17)6-4-5-6/h1-3,6,9H,4-5H2,(H,16,17). The van der Waals surface area contributed by atoms with E-state index in [1.807, 2.05) is 0 Å². The third-order valence-electron chi connectivity index (χ3n) is 2.74. The van der Waals surface area contributed by atoms with Crippen LogP contribution >= 0.6 is 0 Å². The van der Waals surface area contributed by atoms with Crippen molar-refractivity contribution in [2.45, 2.75) is 24.9 Å². The Hall–Kier alpha value is -1.59. The normalized spacial score (nSPS) is 17.8. The monoisotopic (exact) mass is 245 g/mol. The number of carbonyl (C=O) groups is 1. The first-order chi connectivity index (χ1) is 7.89. The van der Waals surface area contributed by atoms with Gasteiger partial charge < -0.3 is 5.11 Å². The number of carboxylic acid groups (broad SMARTS) is 1. The smallest absolute Gasteiger partial charge is 0.433 e. The van der Waals surface area contributed by atoms with Crippen LogP contribution in [0.25, 0.3) is 0 Å². The highest BCUT2D eigenvalue weighted by atomic mass is 19.4. The molecule has 1 fully saturated rings. The zero-order chi connectivity index (χ0) is 12.6. The van der Waals surface area contributed by atoms with Gasteiger partial charge in [0.15, 0.2) is 0 Å². The Morgan fingerprint density at radius 2 is 2.06 bits per heavy atom. The van der Waals surface area contributed by atoms with Gasteiger partial charge in [-0.15, -0.1) is 0 Å². The minimum atomic E-state index is -4.54. The molecule has 1 saturated carbocycles. The quantitative estimate of drug-likeness (QED) is 0.890. The Kier molecular flexibility index (Phi) is 2.81. The van der Waals surface area contributed by atoms with Gasteiger partial charge in [-0.25, -0.2) is 4.98 Å². The van der Waals surface area contributed by atoms with Crippen LogP contribution in [0.2, 0.25) is 0 Å². The van der Waals surface area contributed by atoms with Crippen LogP contribution in [0.4, 0.5) is 13.2 Å². The molecular formula is C11H10F3NO2. The molecule has 1 aliphatic rings. The molecule has 0 saturated heterocycles. The molecule has 0 aromatic carbocycles. The van der Waals surface area contributed by atoms with E-state index < -0.39 is 23.8 Å². The number of alkyl halides is 3. The molecule has 1 aliphatic carbocycles. The third-order valence-corrected chi connectivity index (χ3v) is 2.74. The second-order valence-electron chi connectivity index (χ2n) is 4.10. The maximum absolute atomic E-state index is 12.4. The van der Waals surface area contributed by atoms with Gasteiger partial charge in [0.25, 0.3) is 0 Å². The summed E-state index contributed by atoms with van der Waals surface area (Å²) in [4.78, 5) is 14.4. The zero-order valence-corrected chi connectivity index (χ0v) is 8.74. The molecule has 0 aliphatic heterocycles. The van der Waals surface area contributed by atoms with Gasteiger partial charge in [-0.1, -0.05) is 6.07 Å². The largest absolute Gasteiger partial charge is 0.481 e. The topological polar surface area (TPSA) is 50.2 Å². The molecule has 1 atom stereocenters. The summed E-state index contributed by atoms with van der Waals surface area (Å²) >= 11 is 0. The molecule has 1 unspecified atom stereocenters. The summed E-state index contributed by atoms with van der Waals surface area (Å²) in [5.41, 5.74) is -1.04. The molecule has 1 aromatic rings. The van der Waals surface area contributed by atoms with Crippen LogP contribution in [0.15, 0.2) is 18.2 Å². The maximum atomic E-state index is 12.4. The summed E-state index contributed by atoms with van der Waals surface area (Å²) in [7, 11) is 0. The molecule has 6 heteroatoms. The fraction of sp³-hybridized carbons (Fsp3) is 0.455. The first-order valence-corrected chi connectivity index (χ1v) is 5.16. The average molecular weight is 245 g/mol. The van der Waals surface area contributed by atoms with Gasteiger partial charge in [-0.3, -0.25) is 4.79 Å². The highest BCUT2D eigenvalue weighted by Gasteiger charge is 2.40. The van der Waals surface area contributed by atoms with Crippen LogP contribution in [0.3, 0.4) is 0 Å². The fourth-order valence-corrected chi connectivity index (χ4v) is 1.78. The summed E-state index contributed by atoms with van der Waals surface area (Å²) in [6.45, 7) is 0. The van der Waals surface area contributed by atoms with Crippen molar-refractivity contribution in [3.63, 3.8) is 0 Å². The van der Waals surface area contributed by atoms with Crippen molar-refractivity contribution in [1.29, 1.82) is 0 Å². The van der Waals surface area contributed by atoms with E-state index in [9.17, 15) is 18.0 Å². The molecule has 92 valence electrons. The van der Waals surface area contributed by atoms with Crippen molar-refractivity contribution in [3.8, 4) is 0 Å². The molecule has 0 radical (unpaired) electrons. The molecule has 2 rings (SSSR count). The minimum absolute atomic E-state index is 0.00479. The van der Waals surface area contributed by atoms with Crippen molar-refractivity contribution in [3.05, 3.63) is 29.6 Å². The lowest BCUT2D eigenvalue weighted by Crippen LogP contribution is -2.17. The van der Waals surface area contributed by atoms with Gasteiger partial charge in [-0.2, -0.15) is 13.2 Å². The predicted molar refractivity (Wildman–Crippen MR) is 52.3 cm³/mol.